The van der Waals surface area contributed by atoms with E-state index in [1.54, 1.807) is 25.4 Å². The number of rotatable bonds is 10. The number of pyridine rings is 1. The molecule has 1 saturated heterocycles. The highest BCUT2D eigenvalue weighted by molar-refractivity contribution is 8.26. The molecule has 1 amide bonds. The topological polar surface area (TPSA) is 85.2 Å². The average molecular weight is 463 g/mol. The van der Waals surface area contributed by atoms with Crippen molar-refractivity contribution in [3.63, 3.8) is 0 Å². The molecule has 1 fully saturated rings. The van der Waals surface area contributed by atoms with Crippen LogP contribution in [0.4, 0.5) is 5.82 Å². The van der Waals surface area contributed by atoms with Crippen LogP contribution in [0.3, 0.4) is 0 Å². The Labute approximate surface area is 190 Å². The van der Waals surface area contributed by atoms with Crippen molar-refractivity contribution in [1.29, 1.82) is 0 Å². The normalized spacial score (nSPS) is 15.5. The molecule has 0 radical (unpaired) electrons. The second-order valence-corrected chi connectivity index (χ2v) is 8.59. The van der Waals surface area contributed by atoms with Gasteiger partial charge in [-0.15, -0.1) is 0 Å². The lowest BCUT2D eigenvalue weighted by molar-refractivity contribution is -0.122. The van der Waals surface area contributed by atoms with Gasteiger partial charge in [0.1, 0.15) is 15.8 Å². The summed E-state index contributed by atoms with van der Waals surface area (Å²) < 4.78 is 12.4. The van der Waals surface area contributed by atoms with Crippen LogP contribution in [-0.4, -0.2) is 64.5 Å². The van der Waals surface area contributed by atoms with E-state index in [2.05, 4.69) is 10.3 Å². The molecule has 0 saturated carbocycles. The molecule has 0 aromatic carbocycles. The van der Waals surface area contributed by atoms with Crippen LogP contribution in [0.25, 0.3) is 11.7 Å². The molecule has 8 nitrogen and oxygen atoms in total. The van der Waals surface area contributed by atoms with Gasteiger partial charge in [-0.1, -0.05) is 30.0 Å². The smallest absolute Gasteiger partial charge is 0.267 e. The zero-order chi connectivity index (χ0) is 22.4. The van der Waals surface area contributed by atoms with Gasteiger partial charge in [-0.05, 0) is 38.0 Å². The Morgan fingerprint density at radius 2 is 2.10 bits per heavy atom. The van der Waals surface area contributed by atoms with E-state index in [4.69, 9.17) is 21.7 Å². The van der Waals surface area contributed by atoms with Crippen molar-refractivity contribution < 1.29 is 14.3 Å². The van der Waals surface area contributed by atoms with Crippen LogP contribution in [0.2, 0.25) is 0 Å². The zero-order valence-corrected chi connectivity index (χ0v) is 19.5. The number of methoxy groups -OCH3 is 1. The van der Waals surface area contributed by atoms with Crippen LogP contribution >= 0.6 is 24.0 Å². The summed E-state index contributed by atoms with van der Waals surface area (Å²) in [5, 5.41) is 3.23. The lowest BCUT2D eigenvalue weighted by Gasteiger charge is -2.13. The molecule has 1 N–H and O–H groups in total. The van der Waals surface area contributed by atoms with Gasteiger partial charge < -0.3 is 14.8 Å². The summed E-state index contributed by atoms with van der Waals surface area (Å²) in [6.07, 6.45) is 4.09. The number of nitrogens with one attached hydrogen (secondary N) is 1. The summed E-state index contributed by atoms with van der Waals surface area (Å²) in [6, 6.07) is 3.71. The molecular formula is C21H26N4O4S2. The molecule has 3 heterocycles. The lowest BCUT2D eigenvalue weighted by atomic mass is 10.2. The largest absolute Gasteiger partial charge is 0.383 e. The Bertz CT molecular complexity index is 1070. The van der Waals surface area contributed by atoms with Gasteiger partial charge in [0, 0.05) is 33.1 Å². The predicted octanol–water partition coefficient (Wildman–Crippen LogP) is 2.69. The lowest BCUT2D eigenvalue weighted by Crippen LogP contribution is -2.31. The molecule has 1 aliphatic rings. The minimum atomic E-state index is -0.247. The van der Waals surface area contributed by atoms with E-state index in [1.165, 1.54) is 21.1 Å². The Balaban J connectivity index is 1.98. The maximum absolute atomic E-state index is 13.3. The summed E-state index contributed by atoms with van der Waals surface area (Å²) >= 11 is 6.52. The summed E-state index contributed by atoms with van der Waals surface area (Å²) in [5.41, 5.74) is 1.55. The van der Waals surface area contributed by atoms with Gasteiger partial charge in [-0.3, -0.25) is 18.9 Å². The van der Waals surface area contributed by atoms with Crippen LogP contribution in [-0.2, 0) is 14.3 Å². The molecule has 31 heavy (non-hydrogen) atoms. The number of carbonyl (C=O) groups excluding carboxylic acids is 1. The van der Waals surface area contributed by atoms with Gasteiger partial charge in [-0.2, -0.15) is 0 Å². The summed E-state index contributed by atoms with van der Waals surface area (Å²) in [5.74, 6) is 0.204. The monoisotopic (exact) mass is 462 g/mol. The first-order valence-corrected chi connectivity index (χ1v) is 11.3. The molecule has 166 valence electrons. The van der Waals surface area contributed by atoms with E-state index in [0.29, 0.717) is 59.2 Å². The second-order valence-electron chi connectivity index (χ2n) is 6.92. The Hall–Kier alpha value is -2.27. The highest BCUT2D eigenvalue weighted by atomic mass is 32.2. The fourth-order valence-corrected chi connectivity index (χ4v) is 4.35. The van der Waals surface area contributed by atoms with Crippen molar-refractivity contribution in [3.05, 3.63) is 44.7 Å². The van der Waals surface area contributed by atoms with Gasteiger partial charge in [0.05, 0.1) is 23.6 Å². The Kier molecular flexibility index (Phi) is 8.19. The molecule has 0 unspecified atom stereocenters. The molecule has 1 aliphatic heterocycles. The summed E-state index contributed by atoms with van der Waals surface area (Å²) in [7, 11) is 1.57. The molecule has 2 aromatic rings. The fraction of sp³-hybridized carbons (Fsp3) is 0.429. The number of nitrogens with zero attached hydrogens (tertiary/aromatic N) is 3. The van der Waals surface area contributed by atoms with Crippen LogP contribution in [0, 0.1) is 6.92 Å². The number of aryl methyl sites for hydroxylation is 1. The number of carbonyl (C=O) groups is 1. The molecule has 0 aliphatic carbocycles. The van der Waals surface area contributed by atoms with Crippen molar-refractivity contribution in [2.75, 3.05) is 45.3 Å². The number of amides is 1. The zero-order valence-electron chi connectivity index (χ0n) is 17.8. The van der Waals surface area contributed by atoms with E-state index in [-0.39, 0.29) is 11.5 Å². The number of thiocarbonyl (C=S) groups is 1. The summed E-state index contributed by atoms with van der Waals surface area (Å²) in [4.78, 5) is 32.6. The predicted molar refractivity (Wildman–Crippen MR) is 128 cm³/mol. The first-order chi connectivity index (χ1) is 15.0. The van der Waals surface area contributed by atoms with Crippen LogP contribution in [0.15, 0.2) is 28.0 Å². The van der Waals surface area contributed by atoms with E-state index in [0.717, 1.165) is 12.0 Å². The summed E-state index contributed by atoms with van der Waals surface area (Å²) in [6.45, 7) is 6.47. The number of aromatic nitrogens is 2. The van der Waals surface area contributed by atoms with Crippen LogP contribution in [0.5, 0.6) is 0 Å². The minimum absolute atomic E-state index is 0.233. The van der Waals surface area contributed by atoms with Gasteiger partial charge in [0.25, 0.3) is 11.5 Å². The number of hydrogen-bond acceptors (Lipinski definition) is 8. The Morgan fingerprint density at radius 3 is 2.84 bits per heavy atom. The number of hydrogen-bond donors (Lipinski definition) is 1. The van der Waals surface area contributed by atoms with E-state index < -0.39 is 0 Å². The fourth-order valence-electron chi connectivity index (χ4n) is 3.06. The molecule has 0 bridgehead atoms. The highest BCUT2D eigenvalue weighted by Gasteiger charge is 2.32. The molecule has 0 atom stereocenters. The number of ether oxygens (including phenoxy) is 2. The van der Waals surface area contributed by atoms with E-state index in [9.17, 15) is 9.59 Å². The van der Waals surface area contributed by atoms with Gasteiger partial charge in [-0.25, -0.2) is 4.98 Å². The van der Waals surface area contributed by atoms with Gasteiger partial charge >= 0.3 is 0 Å². The van der Waals surface area contributed by atoms with Crippen molar-refractivity contribution >= 4 is 51.7 Å². The Morgan fingerprint density at radius 1 is 1.29 bits per heavy atom. The number of anilines is 1. The third-order valence-electron chi connectivity index (χ3n) is 4.64. The molecular weight excluding hydrogens is 436 g/mol. The van der Waals surface area contributed by atoms with E-state index in [1.807, 2.05) is 19.9 Å². The molecule has 2 aromatic heterocycles. The van der Waals surface area contributed by atoms with Crippen molar-refractivity contribution in [3.8, 4) is 0 Å². The van der Waals surface area contributed by atoms with Crippen molar-refractivity contribution in [2.24, 2.45) is 0 Å². The van der Waals surface area contributed by atoms with Gasteiger partial charge in [0.15, 0.2) is 0 Å². The maximum Gasteiger partial charge on any atom is 0.267 e. The van der Waals surface area contributed by atoms with Crippen molar-refractivity contribution in [2.45, 2.75) is 20.3 Å². The maximum atomic E-state index is 13.3. The first-order valence-electron chi connectivity index (χ1n) is 10.0. The second kappa shape index (κ2) is 10.9. The quantitative estimate of drug-likeness (QED) is 0.328. The highest BCUT2D eigenvalue weighted by Crippen LogP contribution is 2.32. The van der Waals surface area contributed by atoms with Crippen LogP contribution < -0.4 is 10.9 Å². The third kappa shape index (κ3) is 5.51. The van der Waals surface area contributed by atoms with Crippen LogP contribution in [0.1, 0.15) is 24.5 Å². The molecule has 0 spiro atoms. The first kappa shape index (κ1) is 23.4. The molecule has 3 rings (SSSR count). The van der Waals surface area contributed by atoms with Crippen molar-refractivity contribution in [1.82, 2.24) is 14.3 Å². The number of fused-ring (bicyclic) bond motifs is 1. The minimum Gasteiger partial charge on any atom is -0.383 e. The number of thioether (sulfide) groups is 1. The average Bonchev–Trinajstić information content (AvgIpc) is 3.02. The molecule has 10 heteroatoms. The van der Waals surface area contributed by atoms with E-state index >= 15 is 0 Å². The third-order valence-corrected chi connectivity index (χ3v) is 6.01. The standard InChI is InChI=1S/C21H26N4O4S2/c1-4-29-10-5-8-22-18-15(19(26)25-13-14(2)6-7-17(25)23-18)12-16-20(27)24(9-11-28-3)21(30)31-16/h6-7,12-13,22H,4-5,8-11H2,1-3H3/b16-12+. The SMILES string of the molecule is CCOCCCNc1nc2ccc(C)cn2c(=O)c1/C=C1/SC(=S)N(CCOC)C1=O. The van der Waals surface area contributed by atoms with Gasteiger partial charge in [0.2, 0.25) is 0 Å².